The molecule has 29 heavy (non-hydrogen) atoms. The molecule has 0 aliphatic rings. The summed E-state index contributed by atoms with van der Waals surface area (Å²) in [5, 5.41) is 8.87. The van der Waals surface area contributed by atoms with Crippen LogP contribution in [0.1, 0.15) is 21.5 Å². The van der Waals surface area contributed by atoms with E-state index in [-0.39, 0.29) is 18.4 Å². The van der Waals surface area contributed by atoms with Gasteiger partial charge in [0.1, 0.15) is 0 Å². The standard InChI is InChI=1S/C24H25N3O2/c28-23(25-15-14-19-8-3-1-4-9-19)18-26-22-13-7-12-21(16-22)24(29)27-17-20-10-5-2-6-11-20/h1-13,16,26H,14-15,17-18H2,(H,25,28)(H,27,29). The number of rotatable bonds is 9. The predicted molar refractivity (Wildman–Crippen MR) is 116 cm³/mol. The average molecular weight is 387 g/mol. The minimum Gasteiger partial charge on any atom is -0.376 e. The number of hydrogen-bond acceptors (Lipinski definition) is 3. The molecule has 3 aromatic carbocycles. The summed E-state index contributed by atoms with van der Waals surface area (Å²) in [4.78, 5) is 24.4. The molecule has 0 fully saturated rings. The van der Waals surface area contributed by atoms with Crippen molar-refractivity contribution < 1.29 is 9.59 Å². The van der Waals surface area contributed by atoms with E-state index in [0.29, 0.717) is 18.7 Å². The second kappa shape index (κ2) is 10.7. The molecule has 2 amide bonds. The van der Waals surface area contributed by atoms with Gasteiger partial charge >= 0.3 is 0 Å². The number of amides is 2. The largest absolute Gasteiger partial charge is 0.376 e. The molecular formula is C24H25N3O2. The summed E-state index contributed by atoms with van der Waals surface area (Å²) in [6.07, 6.45) is 0.795. The molecule has 0 aliphatic carbocycles. The molecule has 3 rings (SSSR count). The number of anilines is 1. The van der Waals surface area contributed by atoms with Gasteiger partial charge in [-0.3, -0.25) is 9.59 Å². The Morgan fingerprint density at radius 3 is 2.14 bits per heavy atom. The fraction of sp³-hybridized carbons (Fsp3) is 0.167. The summed E-state index contributed by atoms with van der Waals surface area (Å²) in [6, 6.07) is 26.9. The maximum absolute atomic E-state index is 12.4. The molecule has 0 heterocycles. The van der Waals surface area contributed by atoms with Gasteiger partial charge in [0, 0.05) is 24.3 Å². The zero-order valence-corrected chi connectivity index (χ0v) is 16.2. The van der Waals surface area contributed by atoms with Gasteiger partial charge in [-0.1, -0.05) is 66.7 Å². The van der Waals surface area contributed by atoms with Gasteiger partial charge in [-0.2, -0.15) is 0 Å². The Kier molecular flexibility index (Phi) is 7.41. The van der Waals surface area contributed by atoms with Crippen molar-refractivity contribution in [2.24, 2.45) is 0 Å². The lowest BCUT2D eigenvalue weighted by molar-refractivity contribution is -0.119. The van der Waals surface area contributed by atoms with Crippen molar-refractivity contribution in [3.63, 3.8) is 0 Å². The van der Waals surface area contributed by atoms with Crippen molar-refractivity contribution in [1.82, 2.24) is 10.6 Å². The van der Waals surface area contributed by atoms with Crippen molar-refractivity contribution in [2.45, 2.75) is 13.0 Å². The van der Waals surface area contributed by atoms with Crippen LogP contribution in [0.4, 0.5) is 5.69 Å². The average Bonchev–Trinajstić information content (AvgIpc) is 2.78. The summed E-state index contributed by atoms with van der Waals surface area (Å²) in [7, 11) is 0. The maximum Gasteiger partial charge on any atom is 0.251 e. The van der Waals surface area contributed by atoms with Gasteiger partial charge in [0.25, 0.3) is 5.91 Å². The molecule has 0 saturated carbocycles. The third-order valence-corrected chi connectivity index (χ3v) is 4.45. The molecular weight excluding hydrogens is 362 g/mol. The fourth-order valence-corrected chi connectivity index (χ4v) is 2.89. The van der Waals surface area contributed by atoms with Crippen LogP contribution in [0.25, 0.3) is 0 Å². The summed E-state index contributed by atoms with van der Waals surface area (Å²) in [6.45, 7) is 1.22. The van der Waals surface area contributed by atoms with Crippen LogP contribution in [0.5, 0.6) is 0 Å². The van der Waals surface area contributed by atoms with E-state index in [1.807, 2.05) is 66.7 Å². The normalized spacial score (nSPS) is 10.2. The summed E-state index contributed by atoms with van der Waals surface area (Å²) >= 11 is 0. The Morgan fingerprint density at radius 2 is 1.41 bits per heavy atom. The quantitative estimate of drug-likeness (QED) is 0.527. The van der Waals surface area contributed by atoms with Gasteiger partial charge < -0.3 is 16.0 Å². The smallest absolute Gasteiger partial charge is 0.251 e. The first-order valence-electron chi connectivity index (χ1n) is 9.67. The topological polar surface area (TPSA) is 70.2 Å². The molecule has 0 spiro atoms. The van der Waals surface area contributed by atoms with Crippen LogP contribution in [-0.4, -0.2) is 24.9 Å². The van der Waals surface area contributed by atoms with Crippen molar-refractivity contribution in [1.29, 1.82) is 0 Å². The third-order valence-electron chi connectivity index (χ3n) is 4.45. The Labute approximate surface area is 171 Å². The molecule has 3 N–H and O–H groups in total. The van der Waals surface area contributed by atoms with Crippen LogP contribution in [-0.2, 0) is 17.8 Å². The lowest BCUT2D eigenvalue weighted by Crippen LogP contribution is -2.31. The van der Waals surface area contributed by atoms with E-state index in [4.69, 9.17) is 0 Å². The van der Waals surface area contributed by atoms with Gasteiger partial charge in [0.05, 0.1) is 6.54 Å². The molecule has 5 heteroatoms. The predicted octanol–water partition coefficient (Wildman–Crippen LogP) is 3.39. The Balaban J connectivity index is 1.43. The van der Waals surface area contributed by atoms with Crippen LogP contribution in [0.3, 0.4) is 0 Å². The van der Waals surface area contributed by atoms with E-state index in [1.54, 1.807) is 18.2 Å². The first-order valence-corrected chi connectivity index (χ1v) is 9.67. The lowest BCUT2D eigenvalue weighted by Gasteiger charge is -2.10. The van der Waals surface area contributed by atoms with E-state index in [0.717, 1.165) is 17.7 Å². The highest BCUT2D eigenvalue weighted by molar-refractivity contribution is 5.95. The van der Waals surface area contributed by atoms with Crippen LogP contribution >= 0.6 is 0 Å². The van der Waals surface area contributed by atoms with E-state index in [1.165, 1.54) is 5.56 Å². The highest BCUT2D eigenvalue weighted by atomic mass is 16.2. The van der Waals surface area contributed by atoms with Crippen LogP contribution in [0.15, 0.2) is 84.9 Å². The Hall–Kier alpha value is -3.60. The number of carbonyl (C=O) groups excluding carboxylic acids is 2. The molecule has 5 nitrogen and oxygen atoms in total. The van der Waals surface area contributed by atoms with E-state index < -0.39 is 0 Å². The molecule has 3 aromatic rings. The first kappa shape index (κ1) is 20.1. The highest BCUT2D eigenvalue weighted by Crippen LogP contribution is 2.10. The van der Waals surface area contributed by atoms with Gasteiger partial charge in [-0.15, -0.1) is 0 Å². The molecule has 0 aliphatic heterocycles. The van der Waals surface area contributed by atoms with Crippen molar-refractivity contribution in [3.05, 3.63) is 102 Å². The summed E-state index contributed by atoms with van der Waals surface area (Å²) in [5.41, 5.74) is 3.52. The molecule has 0 atom stereocenters. The molecule has 0 radical (unpaired) electrons. The molecule has 148 valence electrons. The number of hydrogen-bond donors (Lipinski definition) is 3. The SMILES string of the molecule is O=C(CNc1cccc(C(=O)NCc2ccccc2)c1)NCCc1ccccc1. The minimum absolute atomic E-state index is 0.0835. The molecule has 0 aromatic heterocycles. The van der Waals surface area contributed by atoms with E-state index >= 15 is 0 Å². The van der Waals surface area contributed by atoms with E-state index in [9.17, 15) is 9.59 Å². The molecule has 0 unspecified atom stereocenters. The van der Waals surface area contributed by atoms with Gasteiger partial charge in [-0.05, 0) is 35.7 Å². The van der Waals surface area contributed by atoms with Crippen molar-refractivity contribution >= 4 is 17.5 Å². The minimum atomic E-state index is -0.148. The number of benzene rings is 3. The zero-order valence-electron chi connectivity index (χ0n) is 16.2. The second-order valence-electron chi connectivity index (χ2n) is 6.69. The number of carbonyl (C=O) groups is 2. The summed E-state index contributed by atoms with van der Waals surface area (Å²) < 4.78 is 0. The zero-order chi connectivity index (χ0) is 20.3. The Bertz CT molecular complexity index is 927. The van der Waals surface area contributed by atoms with Crippen LogP contribution in [0.2, 0.25) is 0 Å². The molecule has 0 bridgehead atoms. The first-order chi connectivity index (χ1) is 14.2. The van der Waals surface area contributed by atoms with Gasteiger partial charge in [-0.25, -0.2) is 0 Å². The maximum atomic E-state index is 12.4. The van der Waals surface area contributed by atoms with Crippen molar-refractivity contribution in [3.8, 4) is 0 Å². The fourth-order valence-electron chi connectivity index (χ4n) is 2.89. The van der Waals surface area contributed by atoms with Gasteiger partial charge in [0.15, 0.2) is 0 Å². The summed E-state index contributed by atoms with van der Waals surface area (Å²) in [5.74, 6) is -0.232. The second-order valence-corrected chi connectivity index (χ2v) is 6.69. The monoisotopic (exact) mass is 387 g/mol. The lowest BCUT2D eigenvalue weighted by atomic mass is 10.1. The third kappa shape index (κ3) is 6.81. The number of nitrogens with one attached hydrogen (secondary N) is 3. The van der Waals surface area contributed by atoms with Gasteiger partial charge in [0.2, 0.25) is 5.91 Å². The van der Waals surface area contributed by atoms with Crippen LogP contribution in [0, 0.1) is 0 Å². The molecule has 0 saturated heterocycles. The van der Waals surface area contributed by atoms with Crippen LogP contribution < -0.4 is 16.0 Å². The van der Waals surface area contributed by atoms with E-state index in [2.05, 4.69) is 16.0 Å². The van der Waals surface area contributed by atoms with Crippen molar-refractivity contribution in [2.75, 3.05) is 18.4 Å². The highest BCUT2D eigenvalue weighted by Gasteiger charge is 2.07. The Morgan fingerprint density at radius 1 is 0.724 bits per heavy atom.